The monoisotopic (exact) mass is 407 g/mol. The van der Waals surface area contributed by atoms with Crippen molar-refractivity contribution in [2.75, 3.05) is 59.5 Å². The topological polar surface area (TPSA) is 53.1 Å². The van der Waals surface area contributed by atoms with Crippen molar-refractivity contribution in [3.05, 3.63) is 34.9 Å². The largest absolute Gasteiger partial charge is 0.383 e. The molecule has 0 spiro atoms. The Labute approximate surface area is 172 Å². The van der Waals surface area contributed by atoms with Gasteiger partial charge in [0.1, 0.15) is 0 Å². The lowest BCUT2D eigenvalue weighted by molar-refractivity contribution is -0.144. The molecule has 154 valence electrons. The molecule has 0 bridgehead atoms. The number of methoxy groups -OCH3 is 1. The Morgan fingerprint density at radius 3 is 2.54 bits per heavy atom. The van der Waals surface area contributed by atoms with Gasteiger partial charge in [-0.3, -0.25) is 14.5 Å². The number of ether oxygens (including phenoxy) is 1. The lowest BCUT2D eigenvalue weighted by Gasteiger charge is -2.39. The Hall–Kier alpha value is -1.63. The second-order valence-electron chi connectivity index (χ2n) is 7.61. The highest BCUT2D eigenvalue weighted by Gasteiger charge is 2.33. The number of halogens is 1. The molecule has 3 rings (SSSR count). The maximum Gasteiger partial charge on any atom is 0.227 e. The minimum atomic E-state index is -0.0755. The average Bonchev–Trinajstić information content (AvgIpc) is 2.72. The number of rotatable bonds is 7. The number of piperidine rings is 1. The zero-order valence-corrected chi connectivity index (χ0v) is 17.4. The number of hydrogen-bond acceptors (Lipinski definition) is 4. The molecule has 2 aliphatic heterocycles. The van der Waals surface area contributed by atoms with Gasteiger partial charge in [0.05, 0.1) is 12.5 Å². The summed E-state index contributed by atoms with van der Waals surface area (Å²) in [5, 5.41) is 0.714. The highest BCUT2D eigenvalue weighted by Crippen LogP contribution is 2.21. The van der Waals surface area contributed by atoms with Crippen molar-refractivity contribution in [1.82, 2.24) is 14.7 Å². The molecular weight excluding hydrogens is 378 g/mol. The zero-order chi connectivity index (χ0) is 19.9. The van der Waals surface area contributed by atoms with Gasteiger partial charge in [0.15, 0.2) is 0 Å². The highest BCUT2D eigenvalue weighted by atomic mass is 35.5. The molecular formula is C21H30ClN3O3. The first-order valence-electron chi connectivity index (χ1n) is 10.1. The van der Waals surface area contributed by atoms with E-state index in [4.69, 9.17) is 16.3 Å². The van der Waals surface area contributed by atoms with Crippen molar-refractivity contribution >= 4 is 23.4 Å². The molecule has 0 aliphatic carbocycles. The summed E-state index contributed by atoms with van der Waals surface area (Å²) < 4.78 is 5.13. The zero-order valence-electron chi connectivity index (χ0n) is 16.6. The van der Waals surface area contributed by atoms with Gasteiger partial charge in [-0.25, -0.2) is 0 Å². The summed E-state index contributed by atoms with van der Waals surface area (Å²) in [5.41, 5.74) is 1.15. The minimum absolute atomic E-state index is 0.0755. The summed E-state index contributed by atoms with van der Waals surface area (Å²) in [6.07, 6.45) is 1.91. The summed E-state index contributed by atoms with van der Waals surface area (Å²) >= 11 is 5.93. The van der Waals surface area contributed by atoms with Crippen LogP contribution in [0.1, 0.15) is 18.4 Å². The molecule has 2 amide bonds. The van der Waals surface area contributed by atoms with Crippen LogP contribution in [0.25, 0.3) is 0 Å². The van der Waals surface area contributed by atoms with E-state index in [-0.39, 0.29) is 17.7 Å². The molecule has 6 nitrogen and oxygen atoms in total. The molecule has 7 heteroatoms. The van der Waals surface area contributed by atoms with Crippen molar-refractivity contribution in [3.63, 3.8) is 0 Å². The lowest BCUT2D eigenvalue weighted by atomic mass is 9.95. The highest BCUT2D eigenvalue weighted by molar-refractivity contribution is 6.30. The third kappa shape index (κ3) is 5.69. The Bertz CT molecular complexity index is 659. The van der Waals surface area contributed by atoms with E-state index in [1.807, 2.05) is 34.1 Å². The number of piperazine rings is 1. The van der Waals surface area contributed by atoms with Crippen molar-refractivity contribution < 1.29 is 14.3 Å². The van der Waals surface area contributed by atoms with Gasteiger partial charge in [-0.05, 0) is 30.5 Å². The minimum Gasteiger partial charge on any atom is -0.383 e. The third-order valence-electron chi connectivity index (χ3n) is 5.73. The van der Waals surface area contributed by atoms with E-state index in [1.165, 1.54) is 0 Å². The number of nitrogens with zero attached hydrogens (tertiary/aromatic N) is 3. The number of hydrogen-bond donors (Lipinski definition) is 0. The van der Waals surface area contributed by atoms with Gasteiger partial charge in [-0.15, -0.1) is 0 Å². The van der Waals surface area contributed by atoms with Crippen LogP contribution in [-0.2, 0) is 20.7 Å². The van der Waals surface area contributed by atoms with Gasteiger partial charge in [0, 0.05) is 64.4 Å². The SMILES string of the molecule is COCCN1CCN(C(=O)[C@@H]2CCC(=O)N(CCc3ccc(Cl)cc3)C2)CC1. The molecule has 2 heterocycles. The fourth-order valence-corrected chi connectivity index (χ4v) is 4.04. The van der Waals surface area contributed by atoms with Crippen LogP contribution in [0.3, 0.4) is 0 Å². The first kappa shape index (κ1) is 21.1. The Morgan fingerprint density at radius 1 is 1.14 bits per heavy atom. The molecule has 0 saturated carbocycles. The smallest absolute Gasteiger partial charge is 0.227 e. The Kier molecular flexibility index (Phi) is 7.71. The van der Waals surface area contributed by atoms with E-state index in [1.54, 1.807) is 7.11 Å². The molecule has 0 radical (unpaired) electrons. The molecule has 2 aliphatic rings. The normalized spacial score (nSPS) is 21.2. The van der Waals surface area contributed by atoms with Crippen LogP contribution in [0, 0.1) is 5.92 Å². The van der Waals surface area contributed by atoms with Crippen molar-refractivity contribution in [3.8, 4) is 0 Å². The van der Waals surface area contributed by atoms with E-state index < -0.39 is 0 Å². The molecule has 0 unspecified atom stereocenters. The number of likely N-dealkylation sites (tertiary alicyclic amines) is 1. The fraction of sp³-hybridized carbons (Fsp3) is 0.619. The van der Waals surface area contributed by atoms with E-state index in [0.717, 1.165) is 51.3 Å². The van der Waals surface area contributed by atoms with Crippen LogP contribution in [0.2, 0.25) is 5.02 Å². The van der Waals surface area contributed by atoms with Crippen LogP contribution in [0.5, 0.6) is 0 Å². The second kappa shape index (κ2) is 10.2. The quantitative estimate of drug-likeness (QED) is 0.692. The van der Waals surface area contributed by atoms with Gasteiger partial charge in [0.25, 0.3) is 0 Å². The summed E-state index contributed by atoms with van der Waals surface area (Å²) in [4.78, 5) is 31.4. The molecule has 28 heavy (non-hydrogen) atoms. The summed E-state index contributed by atoms with van der Waals surface area (Å²) in [6, 6.07) is 7.71. The maximum absolute atomic E-state index is 13.0. The molecule has 2 fully saturated rings. The van der Waals surface area contributed by atoms with Crippen molar-refractivity contribution in [2.45, 2.75) is 19.3 Å². The second-order valence-corrected chi connectivity index (χ2v) is 8.05. The molecule has 1 atom stereocenters. The first-order chi connectivity index (χ1) is 13.6. The summed E-state index contributed by atoms with van der Waals surface area (Å²) in [5.74, 6) is 0.284. The van der Waals surface area contributed by atoms with Gasteiger partial charge >= 0.3 is 0 Å². The van der Waals surface area contributed by atoms with Crippen molar-refractivity contribution in [1.29, 1.82) is 0 Å². The summed E-state index contributed by atoms with van der Waals surface area (Å²) in [7, 11) is 1.71. The number of carbonyl (C=O) groups is 2. The average molecular weight is 408 g/mol. The predicted octanol–water partition coefficient (Wildman–Crippen LogP) is 1.91. The number of carbonyl (C=O) groups excluding carboxylic acids is 2. The predicted molar refractivity (Wildman–Crippen MR) is 109 cm³/mol. The summed E-state index contributed by atoms with van der Waals surface area (Å²) in [6.45, 7) is 6.12. The van der Waals surface area contributed by atoms with E-state index in [9.17, 15) is 9.59 Å². The molecule has 1 aromatic rings. The van der Waals surface area contributed by atoms with E-state index in [2.05, 4.69) is 4.90 Å². The van der Waals surface area contributed by atoms with E-state index in [0.29, 0.717) is 31.0 Å². The Morgan fingerprint density at radius 2 is 1.86 bits per heavy atom. The van der Waals surface area contributed by atoms with Crippen LogP contribution < -0.4 is 0 Å². The van der Waals surface area contributed by atoms with Gasteiger partial charge in [-0.2, -0.15) is 0 Å². The van der Waals surface area contributed by atoms with Crippen LogP contribution in [-0.4, -0.2) is 86.0 Å². The third-order valence-corrected chi connectivity index (χ3v) is 5.98. The fourth-order valence-electron chi connectivity index (χ4n) is 3.92. The van der Waals surface area contributed by atoms with Crippen LogP contribution in [0.4, 0.5) is 0 Å². The number of benzene rings is 1. The van der Waals surface area contributed by atoms with Crippen molar-refractivity contribution in [2.24, 2.45) is 5.92 Å². The van der Waals surface area contributed by atoms with Crippen LogP contribution in [0.15, 0.2) is 24.3 Å². The van der Waals surface area contributed by atoms with Crippen LogP contribution >= 0.6 is 11.6 Å². The van der Waals surface area contributed by atoms with Gasteiger partial charge < -0.3 is 14.5 Å². The lowest BCUT2D eigenvalue weighted by Crippen LogP contribution is -2.53. The van der Waals surface area contributed by atoms with Gasteiger partial charge in [-0.1, -0.05) is 23.7 Å². The standard InChI is InChI=1S/C21H30ClN3O3/c1-28-15-14-23-10-12-24(13-11-23)21(27)18-4-7-20(26)25(16-18)9-8-17-2-5-19(22)6-3-17/h2-3,5-6,18H,4,7-16H2,1H3/t18-/m1/s1. The molecule has 1 aromatic carbocycles. The maximum atomic E-state index is 13.0. The molecule has 0 aromatic heterocycles. The molecule has 2 saturated heterocycles. The first-order valence-corrected chi connectivity index (χ1v) is 10.5. The Balaban J connectivity index is 1.48. The van der Waals surface area contributed by atoms with E-state index >= 15 is 0 Å². The number of amides is 2. The van der Waals surface area contributed by atoms with Gasteiger partial charge in [0.2, 0.25) is 11.8 Å². The molecule has 0 N–H and O–H groups in total.